The van der Waals surface area contributed by atoms with Crippen molar-refractivity contribution in [3.63, 3.8) is 0 Å². The molecule has 0 spiro atoms. The van der Waals surface area contributed by atoms with Gasteiger partial charge in [0.25, 0.3) is 0 Å². The molecule has 10 nitrogen and oxygen atoms in total. The number of carbonyl (C=O) groups excluding carboxylic acids is 2. The molecule has 0 aromatic rings. The lowest BCUT2D eigenvalue weighted by molar-refractivity contribution is -0.282. The van der Waals surface area contributed by atoms with E-state index in [-0.39, 0.29) is 37.1 Å². The molecule has 30 heavy (non-hydrogen) atoms. The molecule has 2 N–H and O–H groups in total. The van der Waals surface area contributed by atoms with Crippen molar-refractivity contribution >= 4 is 11.9 Å². The summed E-state index contributed by atoms with van der Waals surface area (Å²) in [5, 5.41) is 0. The summed E-state index contributed by atoms with van der Waals surface area (Å²) in [6, 6.07) is 0. The van der Waals surface area contributed by atoms with Gasteiger partial charge in [-0.15, -0.1) is 0 Å². The van der Waals surface area contributed by atoms with Gasteiger partial charge in [0.05, 0.1) is 52.4 Å². The van der Waals surface area contributed by atoms with E-state index in [1.807, 2.05) is 13.8 Å². The van der Waals surface area contributed by atoms with Crippen molar-refractivity contribution in [2.45, 2.75) is 46.2 Å². The highest BCUT2D eigenvalue weighted by molar-refractivity contribution is 5.66. The Labute approximate surface area is 178 Å². The van der Waals surface area contributed by atoms with Gasteiger partial charge in [-0.2, -0.15) is 0 Å². The average molecular weight is 436 g/mol. The normalized spacial score (nSPS) is 26.4. The number of nitrogens with two attached hydrogens (primary N) is 1. The molecule has 176 valence electrons. The van der Waals surface area contributed by atoms with E-state index in [4.69, 9.17) is 38.9 Å². The van der Waals surface area contributed by atoms with Crippen LogP contribution in [0.5, 0.6) is 0 Å². The number of carbonyl (C=O) groups is 2. The summed E-state index contributed by atoms with van der Waals surface area (Å²) in [5.41, 5.74) is 5.32. The molecule has 0 radical (unpaired) electrons. The predicted octanol–water partition coefficient (Wildman–Crippen LogP) is 0.503. The van der Waals surface area contributed by atoms with Crippen molar-refractivity contribution in [2.75, 3.05) is 59.4 Å². The molecule has 0 amide bonds. The fraction of sp³-hybridized carbons (Fsp3) is 0.900. The van der Waals surface area contributed by atoms with Gasteiger partial charge < -0.3 is 38.9 Å². The molecule has 0 aromatic heterocycles. The quantitative estimate of drug-likeness (QED) is 0.287. The fourth-order valence-electron chi connectivity index (χ4n) is 2.99. The van der Waals surface area contributed by atoms with Crippen LogP contribution < -0.4 is 5.73 Å². The summed E-state index contributed by atoms with van der Waals surface area (Å²) in [7, 11) is 0. The van der Waals surface area contributed by atoms with Gasteiger partial charge in [0.2, 0.25) is 0 Å². The largest absolute Gasteiger partial charge is 0.463 e. The van der Waals surface area contributed by atoms with E-state index >= 15 is 0 Å². The summed E-state index contributed by atoms with van der Waals surface area (Å²) in [6.45, 7) is 10.2. The second-order valence-electron chi connectivity index (χ2n) is 7.13. The topological polar surface area (TPSA) is 125 Å². The maximum Gasteiger partial charge on any atom is 0.303 e. The highest BCUT2D eigenvalue weighted by atomic mass is 16.7. The molecule has 0 aromatic carbocycles. The van der Waals surface area contributed by atoms with Crippen molar-refractivity contribution < 1.29 is 42.7 Å². The molecule has 10 heteroatoms. The van der Waals surface area contributed by atoms with Crippen molar-refractivity contribution in [3.05, 3.63) is 0 Å². The van der Waals surface area contributed by atoms with E-state index in [1.165, 1.54) is 13.8 Å². The third-order valence-electron chi connectivity index (χ3n) is 4.78. The monoisotopic (exact) mass is 435 g/mol. The molecule has 0 saturated carbocycles. The maximum atomic E-state index is 11.5. The van der Waals surface area contributed by atoms with Crippen LogP contribution in [-0.4, -0.2) is 89.8 Å². The lowest BCUT2D eigenvalue weighted by Gasteiger charge is -2.43. The Kier molecular flexibility index (Phi) is 13.8. The van der Waals surface area contributed by atoms with Gasteiger partial charge in [0.1, 0.15) is 6.61 Å². The third kappa shape index (κ3) is 10.6. The first-order valence-electron chi connectivity index (χ1n) is 10.4. The summed E-state index contributed by atoms with van der Waals surface area (Å²) < 4.78 is 38.3. The molecule has 1 aliphatic rings. The first-order valence-corrected chi connectivity index (χ1v) is 10.4. The predicted molar refractivity (Wildman–Crippen MR) is 107 cm³/mol. The molecule has 1 saturated heterocycles. The molecule has 1 fully saturated rings. The Morgan fingerprint density at radius 2 is 1.40 bits per heavy atom. The Balaban J connectivity index is 2.35. The van der Waals surface area contributed by atoms with E-state index in [0.29, 0.717) is 46.2 Å². The Hall–Kier alpha value is -1.30. The Morgan fingerprint density at radius 1 is 0.833 bits per heavy atom. The molecule has 1 heterocycles. The first-order chi connectivity index (χ1) is 14.4. The van der Waals surface area contributed by atoms with Crippen LogP contribution in [0.25, 0.3) is 0 Å². The Bertz CT molecular complexity index is 489. The minimum absolute atomic E-state index is 0.00998. The van der Waals surface area contributed by atoms with E-state index < -0.39 is 18.4 Å². The van der Waals surface area contributed by atoms with E-state index in [1.54, 1.807) is 0 Å². The lowest BCUT2D eigenvalue weighted by atomic mass is 9.83. The molecule has 0 bridgehead atoms. The van der Waals surface area contributed by atoms with Crippen LogP contribution in [-0.2, 0) is 42.7 Å². The van der Waals surface area contributed by atoms with E-state index in [2.05, 4.69) is 0 Å². The number of esters is 2. The average Bonchev–Trinajstić information content (AvgIpc) is 2.69. The Morgan fingerprint density at radius 3 is 1.93 bits per heavy atom. The molecular weight excluding hydrogens is 398 g/mol. The molecule has 1 rings (SSSR count). The molecule has 5 atom stereocenters. The van der Waals surface area contributed by atoms with Crippen LogP contribution in [0.4, 0.5) is 0 Å². The van der Waals surface area contributed by atoms with Gasteiger partial charge in [-0.25, -0.2) is 0 Å². The number of hydrogen-bond acceptors (Lipinski definition) is 10. The van der Waals surface area contributed by atoms with Crippen LogP contribution in [0.3, 0.4) is 0 Å². The second-order valence-corrected chi connectivity index (χ2v) is 7.13. The van der Waals surface area contributed by atoms with Crippen molar-refractivity contribution in [1.29, 1.82) is 0 Å². The van der Waals surface area contributed by atoms with Gasteiger partial charge in [0, 0.05) is 26.3 Å². The standard InChI is InChI=1S/C20H37NO9/c1-14-15(2)19(29-17(4)23)20(30-18(14)13-28-16(3)22)27-12-11-26-10-9-25-8-7-24-6-5-21/h14-15,18-20H,5-13,21H2,1-4H3/t14-,15?,18?,19+,20-/m0/s1. The highest BCUT2D eigenvalue weighted by Crippen LogP contribution is 2.33. The molecule has 2 unspecified atom stereocenters. The minimum Gasteiger partial charge on any atom is -0.463 e. The molecule has 0 aliphatic carbocycles. The van der Waals surface area contributed by atoms with E-state index in [0.717, 1.165) is 0 Å². The number of hydrogen-bond donors (Lipinski definition) is 1. The summed E-state index contributed by atoms with van der Waals surface area (Å²) in [6.07, 6.45) is -1.67. The van der Waals surface area contributed by atoms with Crippen molar-refractivity contribution in [2.24, 2.45) is 17.6 Å². The summed E-state index contributed by atoms with van der Waals surface area (Å²) >= 11 is 0. The zero-order valence-electron chi connectivity index (χ0n) is 18.5. The lowest BCUT2D eigenvalue weighted by Crippen LogP contribution is -2.53. The molecular formula is C20H37NO9. The fourth-order valence-corrected chi connectivity index (χ4v) is 2.99. The van der Waals surface area contributed by atoms with E-state index in [9.17, 15) is 9.59 Å². The van der Waals surface area contributed by atoms with Crippen LogP contribution in [0.2, 0.25) is 0 Å². The van der Waals surface area contributed by atoms with Crippen LogP contribution in [0.1, 0.15) is 27.7 Å². The van der Waals surface area contributed by atoms with Gasteiger partial charge >= 0.3 is 11.9 Å². The molecule has 1 aliphatic heterocycles. The zero-order chi connectivity index (χ0) is 22.4. The van der Waals surface area contributed by atoms with Gasteiger partial charge in [-0.05, 0) is 5.92 Å². The minimum atomic E-state index is -0.764. The smallest absolute Gasteiger partial charge is 0.303 e. The van der Waals surface area contributed by atoms with Crippen molar-refractivity contribution in [3.8, 4) is 0 Å². The maximum absolute atomic E-state index is 11.5. The van der Waals surface area contributed by atoms with Crippen molar-refractivity contribution in [1.82, 2.24) is 0 Å². The van der Waals surface area contributed by atoms with Crippen LogP contribution >= 0.6 is 0 Å². The number of ether oxygens (including phenoxy) is 7. The summed E-state index contributed by atoms with van der Waals surface area (Å²) in [5.74, 6) is -0.807. The van der Waals surface area contributed by atoms with Crippen LogP contribution in [0, 0.1) is 11.8 Å². The number of rotatable bonds is 15. The second kappa shape index (κ2) is 15.5. The SMILES string of the molecule is CC(=O)OCC1O[C@H](OCCOCCOCCOCCN)[C@H](OC(C)=O)C(C)[C@@H]1C. The van der Waals surface area contributed by atoms with Crippen LogP contribution in [0.15, 0.2) is 0 Å². The zero-order valence-corrected chi connectivity index (χ0v) is 18.5. The highest BCUT2D eigenvalue weighted by Gasteiger charge is 2.44. The first kappa shape index (κ1) is 26.7. The van der Waals surface area contributed by atoms with Gasteiger partial charge in [-0.1, -0.05) is 13.8 Å². The summed E-state index contributed by atoms with van der Waals surface area (Å²) in [4.78, 5) is 22.6. The van der Waals surface area contributed by atoms with Gasteiger partial charge in [-0.3, -0.25) is 9.59 Å². The van der Waals surface area contributed by atoms with Gasteiger partial charge in [0.15, 0.2) is 12.4 Å². The third-order valence-corrected chi connectivity index (χ3v) is 4.78.